The zero-order valence-electron chi connectivity index (χ0n) is 15.5. The van der Waals surface area contributed by atoms with E-state index in [-0.39, 0.29) is 17.3 Å². The van der Waals surface area contributed by atoms with E-state index >= 15 is 0 Å². The van der Waals surface area contributed by atoms with E-state index in [9.17, 15) is 10.1 Å². The molecule has 9 nitrogen and oxygen atoms in total. The summed E-state index contributed by atoms with van der Waals surface area (Å²) < 4.78 is 5.41. The molecule has 1 aliphatic heterocycles. The SMILES string of the molecule is CCOc1ccc(Nc2nc(N3CCCC(C)C3)nc(N)c2[N+](=O)[O-])cc1. The quantitative estimate of drug-likeness (QED) is 0.585. The minimum atomic E-state index is -0.561. The second-order valence-corrected chi connectivity index (χ2v) is 6.64. The second kappa shape index (κ2) is 8.07. The Morgan fingerprint density at radius 2 is 2.11 bits per heavy atom. The molecule has 1 aromatic heterocycles. The zero-order valence-corrected chi connectivity index (χ0v) is 15.5. The number of nitrogens with one attached hydrogen (secondary N) is 1. The molecular weight excluding hydrogens is 348 g/mol. The smallest absolute Gasteiger partial charge is 0.353 e. The lowest BCUT2D eigenvalue weighted by molar-refractivity contribution is -0.383. The summed E-state index contributed by atoms with van der Waals surface area (Å²) in [5, 5.41) is 14.5. The molecule has 0 aliphatic carbocycles. The van der Waals surface area contributed by atoms with Gasteiger partial charge in [0.2, 0.25) is 17.6 Å². The van der Waals surface area contributed by atoms with Crippen molar-refractivity contribution < 1.29 is 9.66 Å². The molecule has 1 unspecified atom stereocenters. The summed E-state index contributed by atoms with van der Waals surface area (Å²) in [4.78, 5) is 21.6. The highest BCUT2D eigenvalue weighted by Crippen LogP contribution is 2.33. The lowest BCUT2D eigenvalue weighted by Gasteiger charge is -2.31. The highest BCUT2D eigenvalue weighted by molar-refractivity contribution is 5.74. The maximum atomic E-state index is 11.5. The van der Waals surface area contributed by atoms with E-state index in [4.69, 9.17) is 10.5 Å². The van der Waals surface area contributed by atoms with Gasteiger partial charge in [0, 0.05) is 18.8 Å². The van der Waals surface area contributed by atoms with Gasteiger partial charge in [-0.3, -0.25) is 10.1 Å². The molecule has 9 heteroatoms. The first-order valence-corrected chi connectivity index (χ1v) is 9.04. The third kappa shape index (κ3) is 4.36. The van der Waals surface area contributed by atoms with Gasteiger partial charge in [-0.25, -0.2) is 0 Å². The van der Waals surface area contributed by atoms with E-state index in [0.29, 0.717) is 24.2 Å². The van der Waals surface area contributed by atoms with Gasteiger partial charge in [0.25, 0.3) is 0 Å². The molecule has 1 aromatic carbocycles. The van der Waals surface area contributed by atoms with Crippen LogP contribution >= 0.6 is 0 Å². The van der Waals surface area contributed by atoms with Gasteiger partial charge in [-0.15, -0.1) is 0 Å². The Morgan fingerprint density at radius 3 is 2.74 bits per heavy atom. The number of rotatable bonds is 6. The molecule has 3 rings (SSSR count). The van der Waals surface area contributed by atoms with Gasteiger partial charge in [0.15, 0.2) is 0 Å². The third-order valence-corrected chi connectivity index (χ3v) is 4.45. The van der Waals surface area contributed by atoms with Crippen LogP contribution in [-0.2, 0) is 0 Å². The van der Waals surface area contributed by atoms with Crippen molar-refractivity contribution in [3.63, 3.8) is 0 Å². The molecule has 0 saturated carbocycles. The molecule has 144 valence electrons. The molecule has 1 fully saturated rings. The number of ether oxygens (including phenoxy) is 1. The fourth-order valence-electron chi connectivity index (χ4n) is 3.18. The Bertz CT molecular complexity index is 811. The standard InChI is InChI=1S/C18H24N6O3/c1-3-27-14-8-6-13(7-9-14)20-17-15(24(25)26)16(19)21-18(22-17)23-10-4-5-12(2)11-23/h6-9,12H,3-5,10-11H2,1-2H3,(H3,19,20,21,22). The average molecular weight is 372 g/mol. The van der Waals surface area contributed by atoms with E-state index < -0.39 is 4.92 Å². The molecule has 0 spiro atoms. The van der Waals surface area contributed by atoms with Crippen LogP contribution in [0.1, 0.15) is 26.7 Å². The summed E-state index contributed by atoms with van der Waals surface area (Å²) in [7, 11) is 0. The maximum Gasteiger partial charge on any atom is 0.353 e. The van der Waals surface area contributed by atoms with Gasteiger partial charge < -0.3 is 20.7 Å². The minimum Gasteiger partial charge on any atom is -0.494 e. The molecule has 0 amide bonds. The first kappa shape index (κ1) is 18.7. The molecular formula is C18H24N6O3. The number of nitrogens with zero attached hydrogens (tertiary/aromatic N) is 4. The third-order valence-electron chi connectivity index (χ3n) is 4.45. The van der Waals surface area contributed by atoms with E-state index in [1.54, 1.807) is 24.3 Å². The van der Waals surface area contributed by atoms with Gasteiger partial charge in [-0.1, -0.05) is 6.92 Å². The predicted molar refractivity (Wildman–Crippen MR) is 105 cm³/mol. The van der Waals surface area contributed by atoms with E-state index in [1.807, 2.05) is 11.8 Å². The van der Waals surface area contributed by atoms with E-state index in [0.717, 1.165) is 31.7 Å². The molecule has 2 heterocycles. The fraction of sp³-hybridized carbons (Fsp3) is 0.444. The Labute approximate surface area is 157 Å². The fourth-order valence-corrected chi connectivity index (χ4v) is 3.18. The minimum absolute atomic E-state index is 0.0879. The summed E-state index contributed by atoms with van der Waals surface area (Å²) in [6, 6.07) is 7.12. The largest absolute Gasteiger partial charge is 0.494 e. The van der Waals surface area contributed by atoms with Crippen LogP contribution in [0.5, 0.6) is 5.75 Å². The highest BCUT2D eigenvalue weighted by Gasteiger charge is 2.26. The number of benzene rings is 1. The molecule has 2 aromatic rings. The first-order valence-electron chi connectivity index (χ1n) is 9.04. The van der Waals surface area contributed by atoms with Gasteiger partial charge in [0.1, 0.15) is 5.75 Å². The van der Waals surface area contributed by atoms with Gasteiger partial charge in [-0.05, 0) is 49.9 Å². The monoisotopic (exact) mass is 372 g/mol. The van der Waals surface area contributed by atoms with Crippen LogP contribution in [0.2, 0.25) is 0 Å². The maximum absolute atomic E-state index is 11.5. The molecule has 0 radical (unpaired) electrons. The molecule has 1 aliphatic rings. The molecule has 1 saturated heterocycles. The predicted octanol–water partition coefficient (Wildman–Crippen LogP) is 3.35. The summed E-state index contributed by atoms with van der Waals surface area (Å²) in [6.07, 6.45) is 2.18. The zero-order chi connectivity index (χ0) is 19.4. The average Bonchev–Trinajstić information content (AvgIpc) is 2.63. The van der Waals surface area contributed by atoms with Crippen molar-refractivity contribution in [2.45, 2.75) is 26.7 Å². The number of nitrogens with two attached hydrogens (primary N) is 1. The van der Waals surface area contributed by atoms with Crippen molar-refractivity contribution in [2.24, 2.45) is 5.92 Å². The van der Waals surface area contributed by atoms with Gasteiger partial charge >= 0.3 is 5.69 Å². The molecule has 1 atom stereocenters. The van der Waals surface area contributed by atoms with Crippen LogP contribution in [0, 0.1) is 16.0 Å². The van der Waals surface area contributed by atoms with Gasteiger partial charge in [-0.2, -0.15) is 9.97 Å². The van der Waals surface area contributed by atoms with Crippen molar-refractivity contribution in [3.05, 3.63) is 34.4 Å². The second-order valence-electron chi connectivity index (χ2n) is 6.64. The Hall–Kier alpha value is -3.10. The number of piperidine rings is 1. The number of hydrogen-bond acceptors (Lipinski definition) is 8. The Kier molecular flexibility index (Phi) is 5.58. The topological polar surface area (TPSA) is 119 Å². The summed E-state index contributed by atoms with van der Waals surface area (Å²) in [5.41, 5.74) is 6.23. The van der Waals surface area contributed by atoms with Crippen LogP contribution in [0.25, 0.3) is 0 Å². The number of anilines is 4. The Balaban J connectivity index is 1.92. The number of hydrogen-bond donors (Lipinski definition) is 2. The van der Waals surface area contributed by atoms with Crippen molar-refractivity contribution >= 4 is 29.0 Å². The summed E-state index contributed by atoms with van der Waals surface area (Å²) in [5.74, 6) is 1.60. The molecule has 3 N–H and O–H groups in total. The van der Waals surface area contributed by atoms with Crippen molar-refractivity contribution in [1.82, 2.24) is 9.97 Å². The van der Waals surface area contributed by atoms with Crippen molar-refractivity contribution in [2.75, 3.05) is 35.6 Å². The van der Waals surface area contributed by atoms with E-state index in [1.165, 1.54) is 0 Å². The van der Waals surface area contributed by atoms with Crippen molar-refractivity contribution in [1.29, 1.82) is 0 Å². The van der Waals surface area contributed by atoms with E-state index in [2.05, 4.69) is 22.2 Å². The summed E-state index contributed by atoms with van der Waals surface area (Å²) in [6.45, 7) is 6.25. The number of nitro groups is 1. The first-order chi connectivity index (χ1) is 13.0. The normalized spacial score (nSPS) is 16.8. The highest BCUT2D eigenvalue weighted by atomic mass is 16.6. The van der Waals surface area contributed by atoms with Crippen LogP contribution in [0.15, 0.2) is 24.3 Å². The Morgan fingerprint density at radius 1 is 1.37 bits per heavy atom. The van der Waals surface area contributed by atoms with Crippen LogP contribution in [0.4, 0.5) is 29.0 Å². The molecule has 0 bridgehead atoms. The van der Waals surface area contributed by atoms with Gasteiger partial charge in [0.05, 0.1) is 11.5 Å². The number of nitrogen functional groups attached to an aromatic ring is 1. The lowest BCUT2D eigenvalue weighted by atomic mass is 10.0. The summed E-state index contributed by atoms with van der Waals surface area (Å²) >= 11 is 0. The van der Waals surface area contributed by atoms with Crippen LogP contribution in [-0.4, -0.2) is 34.6 Å². The van der Waals surface area contributed by atoms with Crippen LogP contribution in [0.3, 0.4) is 0 Å². The number of aromatic nitrogens is 2. The molecule has 27 heavy (non-hydrogen) atoms. The van der Waals surface area contributed by atoms with Crippen molar-refractivity contribution in [3.8, 4) is 5.75 Å². The lowest BCUT2D eigenvalue weighted by Crippen LogP contribution is -2.35. The van der Waals surface area contributed by atoms with Crippen LogP contribution < -0.4 is 20.7 Å².